The third kappa shape index (κ3) is 6.00. The summed E-state index contributed by atoms with van der Waals surface area (Å²) < 4.78 is 5.32. The number of imide groups is 1. The zero-order chi connectivity index (χ0) is 23.3. The van der Waals surface area contributed by atoms with Crippen LogP contribution in [-0.4, -0.2) is 46.6 Å². The molecule has 0 aliphatic carbocycles. The maximum Gasteiger partial charge on any atom is 0.293 e. The quantitative estimate of drug-likeness (QED) is 0.332. The van der Waals surface area contributed by atoms with Crippen LogP contribution >= 0.6 is 35.0 Å². The van der Waals surface area contributed by atoms with Crippen LogP contribution in [0.15, 0.2) is 47.4 Å². The van der Waals surface area contributed by atoms with E-state index in [9.17, 15) is 24.5 Å². The summed E-state index contributed by atoms with van der Waals surface area (Å²) in [5, 5.41) is 13.5. The van der Waals surface area contributed by atoms with E-state index in [1.165, 1.54) is 24.3 Å². The summed E-state index contributed by atoms with van der Waals surface area (Å²) in [6, 6.07) is 10.6. The molecule has 1 heterocycles. The van der Waals surface area contributed by atoms with Crippen LogP contribution in [0.4, 0.5) is 10.5 Å². The average molecular weight is 496 g/mol. The maximum atomic E-state index is 12.5. The van der Waals surface area contributed by atoms with Crippen molar-refractivity contribution in [3.8, 4) is 5.75 Å². The minimum absolute atomic E-state index is 0.0321. The third-order valence-corrected chi connectivity index (χ3v) is 5.62. The molecule has 166 valence electrons. The molecule has 3 rings (SSSR count). The van der Waals surface area contributed by atoms with Crippen LogP contribution in [0.1, 0.15) is 5.56 Å². The van der Waals surface area contributed by atoms with Gasteiger partial charge in [0.15, 0.2) is 6.61 Å². The Morgan fingerprint density at radius 3 is 2.72 bits per heavy atom. The number of carbonyl (C=O) groups excluding carboxylic acids is 3. The molecular weight excluding hydrogens is 481 g/mol. The second kappa shape index (κ2) is 10.5. The Morgan fingerprint density at radius 2 is 2.00 bits per heavy atom. The van der Waals surface area contributed by atoms with E-state index in [1.807, 2.05) is 0 Å². The summed E-state index contributed by atoms with van der Waals surface area (Å²) in [5.74, 6) is -0.547. The average Bonchev–Trinajstić information content (AvgIpc) is 3.01. The van der Waals surface area contributed by atoms with Crippen molar-refractivity contribution >= 4 is 63.8 Å². The van der Waals surface area contributed by atoms with Crippen LogP contribution in [-0.2, 0) is 9.59 Å². The Kier molecular flexibility index (Phi) is 7.73. The van der Waals surface area contributed by atoms with Crippen molar-refractivity contribution in [1.29, 1.82) is 0 Å². The first-order valence-corrected chi connectivity index (χ1v) is 10.7. The monoisotopic (exact) mass is 495 g/mol. The van der Waals surface area contributed by atoms with E-state index in [1.54, 1.807) is 24.3 Å². The first-order valence-electron chi connectivity index (χ1n) is 9.09. The van der Waals surface area contributed by atoms with Crippen LogP contribution in [0.5, 0.6) is 5.75 Å². The topological polar surface area (TPSA) is 119 Å². The van der Waals surface area contributed by atoms with Gasteiger partial charge in [-0.15, -0.1) is 0 Å². The maximum absolute atomic E-state index is 12.5. The predicted octanol–water partition coefficient (Wildman–Crippen LogP) is 4.13. The molecule has 0 saturated carbocycles. The number of nitrogens with one attached hydrogen (secondary N) is 1. The highest BCUT2D eigenvalue weighted by atomic mass is 35.5. The molecule has 0 spiro atoms. The largest absolute Gasteiger partial charge is 0.484 e. The summed E-state index contributed by atoms with van der Waals surface area (Å²) >= 11 is 12.3. The smallest absolute Gasteiger partial charge is 0.293 e. The van der Waals surface area contributed by atoms with Crippen molar-refractivity contribution in [1.82, 2.24) is 10.2 Å². The minimum Gasteiger partial charge on any atom is -0.484 e. The third-order valence-electron chi connectivity index (χ3n) is 4.16. The minimum atomic E-state index is -0.635. The Labute approximate surface area is 196 Å². The molecule has 1 saturated heterocycles. The molecule has 0 aromatic heterocycles. The summed E-state index contributed by atoms with van der Waals surface area (Å²) in [5.41, 5.74) is 0.0559. The van der Waals surface area contributed by atoms with Gasteiger partial charge in [-0.3, -0.25) is 29.4 Å². The fourth-order valence-electron chi connectivity index (χ4n) is 2.67. The zero-order valence-corrected chi connectivity index (χ0v) is 18.6. The fourth-order valence-corrected chi connectivity index (χ4v) is 3.90. The van der Waals surface area contributed by atoms with Crippen molar-refractivity contribution in [2.75, 3.05) is 19.7 Å². The molecule has 0 radical (unpaired) electrons. The van der Waals surface area contributed by atoms with Gasteiger partial charge in [-0.05, 0) is 47.7 Å². The second-order valence-electron chi connectivity index (χ2n) is 6.40. The van der Waals surface area contributed by atoms with E-state index in [4.69, 9.17) is 27.9 Å². The molecule has 32 heavy (non-hydrogen) atoms. The van der Waals surface area contributed by atoms with E-state index >= 15 is 0 Å². The Bertz CT molecular complexity index is 1120. The van der Waals surface area contributed by atoms with Crippen molar-refractivity contribution in [3.05, 3.63) is 73.1 Å². The number of ether oxygens (including phenoxy) is 1. The standard InChI is InChI=1S/C20H15Cl2N3O6S/c21-13-2-1-3-14(10-13)31-11-18(26)23-6-7-24-19(27)17(32-20(24)28)9-12-4-5-15(22)16(8-12)25(29)30/h1-5,8-10H,6-7,11H2,(H,23,26)/b17-9-. The van der Waals surface area contributed by atoms with Crippen LogP contribution in [0.3, 0.4) is 0 Å². The number of nitro groups is 1. The molecule has 0 bridgehead atoms. The van der Waals surface area contributed by atoms with E-state index in [0.29, 0.717) is 28.1 Å². The zero-order valence-electron chi connectivity index (χ0n) is 16.2. The molecule has 2 aromatic carbocycles. The number of thioether (sulfide) groups is 1. The molecule has 1 N–H and O–H groups in total. The number of nitro benzene ring substituents is 1. The van der Waals surface area contributed by atoms with Gasteiger partial charge in [-0.2, -0.15) is 0 Å². The lowest BCUT2D eigenvalue weighted by atomic mass is 10.2. The molecule has 2 aromatic rings. The van der Waals surface area contributed by atoms with E-state index < -0.39 is 22.0 Å². The van der Waals surface area contributed by atoms with Gasteiger partial charge in [-0.1, -0.05) is 35.3 Å². The Morgan fingerprint density at radius 1 is 1.22 bits per heavy atom. The van der Waals surface area contributed by atoms with Gasteiger partial charge >= 0.3 is 0 Å². The normalized spacial score (nSPS) is 14.7. The Hall–Kier alpha value is -3.08. The van der Waals surface area contributed by atoms with Crippen LogP contribution in [0, 0.1) is 10.1 Å². The number of rotatable bonds is 8. The highest BCUT2D eigenvalue weighted by molar-refractivity contribution is 8.18. The van der Waals surface area contributed by atoms with Gasteiger partial charge in [0.05, 0.1) is 9.83 Å². The van der Waals surface area contributed by atoms with Gasteiger partial charge in [0.1, 0.15) is 10.8 Å². The molecule has 0 unspecified atom stereocenters. The predicted molar refractivity (Wildman–Crippen MR) is 121 cm³/mol. The van der Waals surface area contributed by atoms with Crippen LogP contribution in [0.2, 0.25) is 10.0 Å². The van der Waals surface area contributed by atoms with E-state index in [0.717, 1.165) is 4.90 Å². The summed E-state index contributed by atoms with van der Waals surface area (Å²) in [6.45, 7) is -0.251. The fraction of sp³-hybridized carbons (Fsp3) is 0.150. The summed E-state index contributed by atoms with van der Waals surface area (Å²) in [7, 11) is 0. The summed E-state index contributed by atoms with van der Waals surface area (Å²) in [6.07, 6.45) is 1.38. The van der Waals surface area contributed by atoms with E-state index in [2.05, 4.69) is 5.32 Å². The van der Waals surface area contributed by atoms with Crippen molar-refractivity contribution in [2.45, 2.75) is 0 Å². The highest BCUT2D eigenvalue weighted by Gasteiger charge is 2.34. The van der Waals surface area contributed by atoms with Gasteiger partial charge in [-0.25, -0.2) is 0 Å². The lowest BCUT2D eigenvalue weighted by Gasteiger charge is -2.13. The van der Waals surface area contributed by atoms with Crippen molar-refractivity contribution < 1.29 is 24.0 Å². The lowest BCUT2D eigenvalue weighted by molar-refractivity contribution is -0.384. The molecule has 9 nitrogen and oxygen atoms in total. The first-order chi connectivity index (χ1) is 15.2. The molecule has 1 aliphatic heterocycles. The number of benzene rings is 2. The molecule has 0 atom stereocenters. The number of carbonyl (C=O) groups is 3. The Balaban J connectivity index is 1.54. The van der Waals surface area contributed by atoms with Crippen molar-refractivity contribution in [2.24, 2.45) is 0 Å². The molecule has 1 fully saturated rings. The van der Waals surface area contributed by atoms with E-state index in [-0.39, 0.29) is 35.3 Å². The molecular formula is C20H15Cl2N3O6S. The molecule has 1 aliphatic rings. The van der Waals surface area contributed by atoms with Gasteiger partial charge in [0.25, 0.3) is 22.7 Å². The van der Waals surface area contributed by atoms with Crippen LogP contribution in [0.25, 0.3) is 6.08 Å². The second-order valence-corrected chi connectivity index (χ2v) is 8.23. The molecule has 3 amide bonds. The van der Waals surface area contributed by atoms with Crippen LogP contribution < -0.4 is 10.1 Å². The SMILES string of the molecule is O=C(COc1cccc(Cl)c1)NCCN1C(=O)S/C(=C\c2ccc(Cl)c([N+](=O)[O-])c2)C1=O. The number of hydrogen-bond donors (Lipinski definition) is 1. The number of halogens is 2. The van der Waals surface area contributed by atoms with Gasteiger partial charge in [0, 0.05) is 24.2 Å². The highest BCUT2D eigenvalue weighted by Crippen LogP contribution is 2.33. The number of amides is 3. The first kappa shape index (κ1) is 23.6. The molecule has 12 heteroatoms. The number of hydrogen-bond acceptors (Lipinski definition) is 7. The summed E-state index contributed by atoms with van der Waals surface area (Å²) in [4.78, 5) is 48.1. The number of nitrogens with zero attached hydrogens (tertiary/aromatic N) is 2. The lowest BCUT2D eigenvalue weighted by Crippen LogP contribution is -2.38. The van der Waals surface area contributed by atoms with Gasteiger partial charge in [0.2, 0.25) is 0 Å². The van der Waals surface area contributed by atoms with Crippen molar-refractivity contribution in [3.63, 3.8) is 0 Å². The van der Waals surface area contributed by atoms with Gasteiger partial charge < -0.3 is 10.1 Å².